The van der Waals surface area contributed by atoms with E-state index >= 15 is 0 Å². The second-order valence-electron chi connectivity index (χ2n) is 5.22. The predicted octanol–water partition coefficient (Wildman–Crippen LogP) is 0.663. The van der Waals surface area contributed by atoms with Gasteiger partial charge < -0.3 is 19.7 Å². The van der Waals surface area contributed by atoms with Crippen LogP contribution in [0.1, 0.15) is 27.7 Å². The van der Waals surface area contributed by atoms with E-state index in [0.29, 0.717) is 0 Å². The summed E-state index contributed by atoms with van der Waals surface area (Å²) in [7, 11) is 0. The Labute approximate surface area is 119 Å². The van der Waals surface area contributed by atoms with E-state index in [2.05, 4.69) is 0 Å². The molecule has 0 heterocycles. The van der Waals surface area contributed by atoms with Crippen molar-refractivity contribution in [3.8, 4) is 0 Å². The number of carbonyl (C=O) groups is 2. The maximum atomic E-state index is 11.2. The number of esters is 2. The molecule has 0 fully saturated rings. The minimum absolute atomic E-state index is 0.0192. The van der Waals surface area contributed by atoms with E-state index in [4.69, 9.17) is 9.47 Å². The van der Waals surface area contributed by atoms with Gasteiger partial charge in [-0.25, -0.2) is 9.59 Å². The van der Waals surface area contributed by atoms with Gasteiger partial charge in [0.05, 0.1) is 12.2 Å². The highest BCUT2D eigenvalue weighted by molar-refractivity contribution is 5.91. The monoisotopic (exact) mass is 288 g/mol. The number of rotatable bonds is 8. The predicted molar refractivity (Wildman–Crippen MR) is 72.7 cm³/mol. The van der Waals surface area contributed by atoms with Gasteiger partial charge in [0.25, 0.3) is 0 Å². The zero-order chi connectivity index (χ0) is 15.7. The molecule has 116 valence electrons. The molecule has 0 radical (unpaired) electrons. The average Bonchev–Trinajstić information content (AvgIpc) is 2.39. The van der Waals surface area contributed by atoms with Crippen molar-refractivity contribution >= 4 is 11.9 Å². The lowest BCUT2D eigenvalue weighted by atomic mass is 10.1. The Bertz CT molecular complexity index is 303. The van der Waals surface area contributed by atoms with E-state index in [1.165, 1.54) is 0 Å². The third kappa shape index (κ3) is 8.66. The molecule has 0 aromatic carbocycles. The zero-order valence-electron chi connectivity index (χ0n) is 12.4. The summed E-state index contributed by atoms with van der Waals surface area (Å²) in [5, 5.41) is 18.9. The second kappa shape index (κ2) is 9.50. The fraction of sp³-hybridized carbons (Fsp3) is 0.714. The first-order chi connectivity index (χ1) is 9.23. The summed E-state index contributed by atoms with van der Waals surface area (Å²) in [5.74, 6) is -1.50. The minimum atomic E-state index is -0.736. The van der Waals surface area contributed by atoms with E-state index in [0.717, 1.165) is 12.2 Å². The van der Waals surface area contributed by atoms with Gasteiger partial charge in [0.15, 0.2) is 0 Å². The molecule has 20 heavy (non-hydrogen) atoms. The van der Waals surface area contributed by atoms with Crippen LogP contribution < -0.4 is 0 Å². The lowest BCUT2D eigenvalue weighted by Gasteiger charge is -2.13. The molecule has 0 aromatic heterocycles. The SMILES string of the molecule is CC(C)C(O)COC(=O)/C=C/C(=O)OCC(O)C(C)C. The lowest BCUT2D eigenvalue weighted by Crippen LogP contribution is -2.23. The molecule has 0 aromatic rings. The number of aliphatic hydroxyl groups excluding tert-OH is 2. The van der Waals surface area contributed by atoms with Gasteiger partial charge in [-0.15, -0.1) is 0 Å². The van der Waals surface area contributed by atoms with Crippen LogP contribution in [0.5, 0.6) is 0 Å². The van der Waals surface area contributed by atoms with Gasteiger partial charge in [-0.05, 0) is 11.8 Å². The van der Waals surface area contributed by atoms with Gasteiger partial charge in [0.1, 0.15) is 13.2 Å². The standard InChI is InChI=1S/C14H24O6/c1-9(2)11(15)7-19-13(17)5-6-14(18)20-8-12(16)10(3)4/h5-6,9-12,15-16H,7-8H2,1-4H3/b6-5+. The van der Waals surface area contributed by atoms with Crippen molar-refractivity contribution in [3.63, 3.8) is 0 Å². The molecule has 2 atom stereocenters. The molecule has 0 rings (SSSR count). The molecule has 0 aliphatic carbocycles. The zero-order valence-corrected chi connectivity index (χ0v) is 12.4. The van der Waals surface area contributed by atoms with Crippen molar-refractivity contribution in [1.82, 2.24) is 0 Å². The summed E-state index contributed by atoms with van der Waals surface area (Å²) in [5.41, 5.74) is 0. The molecule has 2 N–H and O–H groups in total. The van der Waals surface area contributed by atoms with E-state index in [1.54, 1.807) is 27.7 Å². The first-order valence-corrected chi connectivity index (χ1v) is 6.61. The molecule has 6 heteroatoms. The molecule has 0 aliphatic heterocycles. The molecular weight excluding hydrogens is 264 g/mol. The number of hydrogen-bond acceptors (Lipinski definition) is 6. The van der Waals surface area contributed by atoms with E-state index in [9.17, 15) is 19.8 Å². The normalized spacial score (nSPS) is 14.6. The molecule has 0 saturated heterocycles. The summed E-state index contributed by atoms with van der Waals surface area (Å²) in [4.78, 5) is 22.5. The van der Waals surface area contributed by atoms with Crippen LogP contribution in [0.25, 0.3) is 0 Å². The highest BCUT2D eigenvalue weighted by Crippen LogP contribution is 2.02. The Morgan fingerprint density at radius 3 is 1.40 bits per heavy atom. The van der Waals surface area contributed by atoms with Crippen LogP contribution in [0.4, 0.5) is 0 Å². The van der Waals surface area contributed by atoms with Crippen LogP contribution in [0.15, 0.2) is 12.2 Å². The molecule has 0 aliphatic rings. The van der Waals surface area contributed by atoms with Crippen molar-refractivity contribution in [2.75, 3.05) is 13.2 Å². The van der Waals surface area contributed by atoms with Gasteiger partial charge in [-0.3, -0.25) is 0 Å². The van der Waals surface area contributed by atoms with Crippen molar-refractivity contribution < 1.29 is 29.3 Å². The molecule has 0 bridgehead atoms. The molecular formula is C14H24O6. The molecule has 6 nitrogen and oxygen atoms in total. The maximum Gasteiger partial charge on any atom is 0.331 e. The van der Waals surface area contributed by atoms with Gasteiger partial charge in [-0.2, -0.15) is 0 Å². The fourth-order valence-corrected chi connectivity index (χ4v) is 0.952. The number of ether oxygens (including phenoxy) is 2. The van der Waals surface area contributed by atoms with Crippen LogP contribution in [0.3, 0.4) is 0 Å². The van der Waals surface area contributed by atoms with Gasteiger partial charge in [-0.1, -0.05) is 27.7 Å². The fourth-order valence-electron chi connectivity index (χ4n) is 0.952. The van der Waals surface area contributed by atoms with Crippen molar-refractivity contribution in [2.24, 2.45) is 11.8 Å². The Kier molecular flexibility index (Phi) is 8.83. The summed E-state index contributed by atoms with van der Waals surface area (Å²) in [6.07, 6.45) is 0.384. The van der Waals surface area contributed by atoms with Gasteiger partial charge >= 0.3 is 11.9 Å². The summed E-state index contributed by atoms with van der Waals surface area (Å²) >= 11 is 0. The Morgan fingerprint density at radius 2 is 1.15 bits per heavy atom. The number of carbonyl (C=O) groups excluding carboxylic acids is 2. The summed E-state index contributed by atoms with van der Waals surface area (Å²) in [6.45, 7) is 6.94. The number of hydrogen-bond donors (Lipinski definition) is 2. The van der Waals surface area contributed by atoms with E-state index in [1.807, 2.05) is 0 Å². The molecule has 0 saturated carbocycles. The average molecular weight is 288 g/mol. The Hall–Kier alpha value is -1.40. The molecule has 0 amide bonds. The van der Waals surface area contributed by atoms with Crippen LogP contribution in [0.2, 0.25) is 0 Å². The van der Waals surface area contributed by atoms with Crippen molar-refractivity contribution in [3.05, 3.63) is 12.2 Å². The first kappa shape index (κ1) is 18.6. The van der Waals surface area contributed by atoms with Crippen LogP contribution in [0, 0.1) is 11.8 Å². The Morgan fingerprint density at radius 1 is 0.850 bits per heavy atom. The quantitative estimate of drug-likeness (QED) is 0.503. The van der Waals surface area contributed by atoms with Gasteiger partial charge in [0.2, 0.25) is 0 Å². The third-order valence-electron chi connectivity index (χ3n) is 2.69. The maximum absolute atomic E-state index is 11.2. The molecule has 2 unspecified atom stereocenters. The summed E-state index contributed by atoms with van der Waals surface area (Å²) in [6, 6.07) is 0. The second-order valence-corrected chi connectivity index (χ2v) is 5.22. The third-order valence-corrected chi connectivity index (χ3v) is 2.69. The van der Waals surface area contributed by atoms with Crippen molar-refractivity contribution in [1.29, 1.82) is 0 Å². The summed E-state index contributed by atoms with van der Waals surface area (Å²) < 4.78 is 9.49. The smallest absolute Gasteiger partial charge is 0.331 e. The highest BCUT2D eigenvalue weighted by Gasteiger charge is 2.12. The van der Waals surface area contributed by atoms with Crippen LogP contribution >= 0.6 is 0 Å². The van der Waals surface area contributed by atoms with E-state index < -0.39 is 24.1 Å². The minimum Gasteiger partial charge on any atom is -0.460 e. The van der Waals surface area contributed by atoms with Crippen LogP contribution in [-0.2, 0) is 19.1 Å². The van der Waals surface area contributed by atoms with Crippen molar-refractivity contribution in [2.45, 2.75) is 39.9 Å². The largest absolute Gasteiger partial charge is 0.460 e. The number of aliphatic hydroxyl groups is 2. The lowest BCUT2D eigenvalue weighted by molar-refractivity contribution is -0.144. The molecule has 0 spiro atoms. The van der Waals surface area contributed by atoms with E-state index in [-0.39, 0.29) is 25.0 Å². The van der Waals surface area contributed by atoms with Gasteiger partial charge in [0, 0.05) is 12.2 Å². The Balaban J connectivity index is 3.97. The topological polar surface area (TPSA) is 93.1 Å². The van der Waals surface area contributed by atoms with Crippen LogP contribution in [-0.4, -0.2) is 47.6 Å². The first-order valence-electron chi connectivity index (χ1n) is 6.61. The highest BCUT2D eigenvalue weighted by atomic mass is 16.5.